The third-order valence-corrected chi connectivity index (χ3v) is 7.55. The first-order valence-electron chi connectivity index (χ1n) is 11.9. The lowest BCUT2D eigenvalue weighted by Crippen LogP contribution is -2.28. The molecule has 1 heterocycles. The third kappa shape index (κ3) is 6.71. The molecule has 2 aliphatic carbocycles. The van der Waals surface area contributed by atoms with Gasteiger partial charge in [0.1, 0.15) is 5.03 Å². The Morgan fingerprint density at radius 3 is 2.58 bits per heavy atom. The van der Waals surface area contributed by atoms with Crippen LogP contribution in [0.3, 0.4) is 0 Å². The summed E-state index contributed by atoms with van der Waals surface area (Å²) < 4.78 is 3.10. The number of allylic oxidation sites excluding steroid dienone is 4. The molecule has 0 aliphatic heterocycles. The number of nitrogens with zero attached hydrogens (tertiary/aromatic N) is 1. The van der Waals surface area contributed by atoms with E-state index in [2.05, 4.69) is 50.4 Å². The molecule has 170 valence electrons. The Kier molecular flexibility index (Phi) is 7.72. The number of pyridine rings is 1. The molecule has 1 amide bonds. The van der Waals surface area contributed by atoms with Crippen molar-refractivity contribution in [2.45, 2.75) is 97.9 Å². The Labute approximate surface area is 193 Å². The lowest BCUT2D eigenvalue weighted by Gasteiger charge is -2.30. The zero-order valence-electron chi connectivity index (χ0n) is 20.3. The van der Waals surface area contributed by atoms with Crippen LogP contribution < -0.4 is 4.72 Å². The minimum Gasteiger partial charge on any atom is -0.294 e. The highest BCUT2D eigenvalue weighted by atomic mass is 32.2. The maximum absolute atomic E-state index is 13.1. The van der Waals surface area contributed by atoms with Crippen molar-refractivity contribution in [3.63, 3.8) is 0 Å². The number of hydrogen-bond acceptors (Lipinski definition) is 3. The minimum absolute atomic E-state index is 0.173. The summed E-state index contributed by atoms with van der Waals surface area (Å²) in [6.45, 7) is 13.6. The smallest absolute Gasteiger partial charge is 0.236 e. The zero-order valence-corrected chi connectivity index (χ0v) is 21.1. The fraction of sp³-hybridized carbons (Fsp3) is 0.630. The molecule has 0 spiro atoms. The van der Waals surface area contributed by atoms with E-state index >= 15 is 0 Å². The van der Waals surface area contributed by atoms with Crippen LogP contribution in [0, 0.1) is 23.7 Å². The van der Waals surface area contributed by atoms with Gasteiger partial charge in [-0.05, 0) is 94.3 Å². The summed E-state index contributed by atoms with van der Waals surface area (Å²) in [7, 11) is 0. The van der Waals surface area contributed by atoms with Crippen molar-refractivity contribution < 1.29 is 4.79 Å². The number of rotatable bonds is 9. The van der Waals surface area contributed by atoms with Crippen LogP contribution in [0.2, 0.25) is 0 Å². The predicted octanol–water partition coefficient (Wildman–Crippen LogP) is 7.57. The normalized spacial score (nSPS) is 19.1. The van der Waals surface area contributed by atoms with E-state index in [0.29, 0.717) is 11.3 Å². The van der Waals surface area contributed by atoms with Crippen LogP contribution in [0.5, 0.6) is 0 Å². The van der Waals surface area contributed by atoms with Crippen molar-refractivity contribution in [2.75, 3.05) is 0 Å². The highest BCUT2D eigenvalue weighted by Gasteiger charge is 2.50. The van der Waals surface area contributed by atoms with Gasteiger partial charge >= 0.3 is 0 Å². The molecule has 0 bridgehead atoms. The number of nitrogens with one attached hydrogen (secondary N) is 1. The first-order chi connectivity index (χ1) is 14.6. The lowest BCUT2D eigenvalue weighted by atomic mass is 9.76. The van der Waals surface area contributed by atoms with E-state index in [1.807, 2.05) is 25.1 Å². The summed E-state index contributed by atoms with van der Waals surface area (Å²) in [4.78, 5) is 17.6. The average Bonchev–Trinajstić information content (AvgIpc) is 3.48. The van der Waals surface area contributed by atoms with Crippen molar-refractivity contribution in [2.24, 2.45) is 16.7 Å². The van der Waals surface area contributed by atoms with E-state index in [4.69, 9.17) is 0 Å². The first-order valence-corrected chi connectivity index (χ1v) is 12.7. The van der Waals surface area contributed by atoms with Gasteiger partial charge in [0.25, 0.3) is 0 Å². The van der Waals surface area contributed by atoms with Gasteiger partial charge in [0.05, 0.1) is 5.41 Å². The van der Waals surface area contributed by atoms with E-state index in [9.17, 15) is 4.79 Å². The van der Waals surface area contributed by atoms with Crippen LogP contribution >= 0.6 is 11.9 Å². The molecule has 1 saturated carbocycles. The monoisotopic (exact) mass is 440 g/mol. The van der Waals surface area contributed by atoms with E-state index in [1.54, 1.807) is 5.57 Å². The Morgan fingerprint density at radius 2 is 1.97 bits per heavy atom. The number of carbonyl (C=O) groups excluding carboxylic acids is 1. The molecular weight excluding hydrogens is 400 g/mol. The van der Waals surface area contributed by atoms with Crippen LogP contribution in [0.15, 0.2) is 46.0 Å². The number of carbonyl (C=O) groups is 1. The van der Waals surface area contributed by atoms with Gasteiger partial charge in [-0.3, -0.25) is 9.52 Å². The molecular formula is C27H40N2OS. The van der Waals surface area contributed by atoms with Crippen LogP contribution in [0.4, 0.5) is 0 Å². The van der Waals surface area contributed by atoms with Gasteiger partial charge in [-0.1, -0.05) is 51.0 Å². The van der Waals surface area contributed by atoms with Gasteiger partial charge in [0.2, 0.25) is 5.91 Å². The Morgan fingerprint density at radius 1 is 1.23 bits per heavy atom. The van der Waals surface area contributed by atoms with Crippen molar-refractivity contribution >= 4 is 17.9 Å². The van der Waals surface area contributed by atoms with Gasteiger partial charge in [-0.2, -0.15) is 0 Å². The fourth-order valence-corrected chi connectivity index (χ4v) is 5.35. The number of aromatic nitrogens is 1. The first kappa shape index (κ1) is 24.1. The average molecular weight is 441 g/mol. The zero-order chi connectivity index (χ0) is 22.6. The summed E-state index contributed by atoms with van der Waals surface area (Å²) in [5.74, 6) is 0.815. The van der Waals surface area contributed by atoms with E-state index in [1.165, 1.54) is 55.2 Å². The Balaban J connectivity index is 1.72. The van der Waals surface area contributed by atoms with E-state index in [-0.39, 0.29) is 11.3 Å². The Hall–Kier alpha value is -1.55. The third-order valence-electron chi connectivity index (χ3n) is 6.83. The molecule has 4 heteroatoms. The molecule has 1 aromatic heterocycles. The molecule has 31 heavy (non-hydrogen) atoms. The van der Waals surface area contributed by atoms with Gasteiger partial charge in [0, 0.05) is 17.6 Å². The summed E-state index contributed by atoms with van der Waals surface area (Å²) in [5, 5.41) is 0.852. The van der Waals surface area contributed by atoms with Gasteiger partial charge in [-0.15, -0.1) is 0 Å². The molecule has 1 aromatic rings. The molecule has 0 saturated heterocycles. The second-order valence-corrected chi connectivity index (χ2v) is 11.7. The topological polar surface area (TPSA) is 42.0 Å². The number of amides is 1. The van der Waals surface area contributed by atoms with Crippen molar-refractivity contribution in [1.82, 2.24) is 9.71 Å². The van der Waals surface area contributed by atoms with E-state index < -0.39 is 0 Å². The van der Waals surface area contributed by atoms with Crippen LogP contribution in [0.25, 0.3) is 0 Å². The molecule has 3 nitrogen and oxygen atoms in total. The molecule has 0 radical (unpaired) electrons. The highest BCUT2D eigenvalue weighted by Crippen LogP contribution is 2.53. The quantitative estimate of drug-likeness (QED) is 0.403. The lowest BCUT2D eigenvalue weighted by molar-refractivity contribution is -0.124. The molecule has 1 unspecified atom stereocenters. The Bertz CT molecular complexity index is 858. The molecule has 0 aromatic carbocycles. The summed E-state index contributed by atoms with van der Waals surface area (Å²) in [6.07, 6.45) is 11.3. The summed E-state index contributed by atoms with van der Waals surface area (Å²) >= 11 is 1.35. The maximum Gasteiger partial charge on any atom is 0.236 e. The van der Waals surface area contributed by atoms with Crippen LogP contribution in [-0.2, 0) is 4.79 Å². The van der Waals surface area contributed by atoms with Gasteiger partial charge in [0.15, 0.2) is 0 Å². The molecule has 1 fully saturated rings. The largest absolute Gasteiger partial charge is 0.294 e. The summed E-state index contributed by atoms with van der Waals surface area (Å²) in [5.41, 5.74) is 5.65. The SMILES string of the molecule is CCC(CCC(C)(C)C)C1=C(CC2(C(=O)NSc3cccc(C)n3)CC2)C=C(C)CC1. The standard InChI is InChI=1S/C27H40N2OS/c1-7-21(13-14-26(4,5)6)23-12-11-19(2)17-22(23)18-27(15-16-27)25(30)29-31-24-10-8-9-20(3)28-24/h8-10,17,21H,7,11-16,18H2,1-6H3,(H,29,30). The van der Waals surface area contributed by atoms with Crippen molar-refractivity contribution in [1.29, 1.82) is 0 Å². The minimum atomic E-state index is -0.228. The molecule has 1 N–H and O–H groups in total. The van der Waals surface area contributed by atoms with Gasteiger partial charge < -0.3 is 0 Å². The highest BCUT2D eigenvalue weighted by molar-refractivity contribution is 7.97. The van der Waals surface area contributed by atoms with E-state index in [0.717, 1.165) is 30.0 Å². The van der Waals surface area contributed by atoms with Crippen LogP contribution in [0.1, 0.15) is 91.7 Å². The summed E-state index contributed by atoms with van der Waals surface area (Å²) in [6, 6.07) is 5.91. The van der Waals surface area contributed by atoms with Gasteiger partial charge in [-0.25, -0.2) is 4.98 Å². The number of hydrogen-bond donors (Lipinski definition) is 1. The second kappa shape index (κ2) is 9.94. The van der Waals surface area contributed by atoms with Crippen molar-refractivity contribution in [3.8, 4) is 0 Å². The van der Waals surface area contributed by atoms with Crippen LogP contribution in [-0.4, -0.2) is 10.9 Å². The number of aryl methyl sites for hydroxylation is 1. The molecule has 2 aliphatic rings. The van der Waals surface area contributed by atoms with Crippen molar-refractivity contribution in [3.05, 3.63) is 46.7 Å². The second-order valence-electron chi connectivity index (χ2n) is 10.9. The molecule has 1 atom stereocenters. The fourth-order valence-electron chi connectivity index (χ4n) is 4.60. The molecule has 3 rings (SSSR count). The maximum atomic E-state index is 13.1. The predicted molar refractivity (Wildman–Crippen MR) is 132 cm³/mol.